The van der Waals surface area contributed by atoms with E-state index >= 15 is 0 Å². The Kier molecular flexibility index (Phi) is 4.43. The van der Waals surface area contributed by atoms with Crippen molar-refractivity contribution in [2.75, 3.05) is 0 Å². The Bertz CT molecular complexity index is 364. The van der Waals surface area contributed by atoms with Crippen LogP contribution in [0, 0.1) is 16.0 Å². The van der Waals surface area contributed by atoms with Crippen molar-refractivity contribution < 1.29 is 4.92 Å². The maximum absolute atomic E-state index is 10.8. The molecule has 0 saturated carbocycles. The molecule has 2 N–H and O–H groups in total. The fourth-order valence-corrected chi connectivity index (χ4v) is 1.64. The number of hydrogen-bond donors (Lipinski definition) is 1. The van der Waals surface area contributed by atoms with Crippen LogP contribution in [0.5, 0.6) is 0 Å². The Morgan fingerprint density at radius 1 is 1.31 bits per heavy atom. The fourth-order valence-electron chi connectivity index (χ4n) is 1.64. The first-order valence-electron chi connectivity index (χ1n) is 5.51. The first-order chi connectivity index (χ1) is 7.52. The molecule has 0 aromatic heterocycles. The van der Waals surface area contributed by atoms with E-state index in [0.29, 0.717) is 11.5 Å². The Morgan fingerprint density at radius 3 is 2.50 bits per heavy atom. The molecule has 1 aromatic carbocycles. The summed E-state index contributed by atoms with van der Waals surface area (Å²) in [5, 5.41) is 10.8. The molecule has 1 aromatic rings. The third-order valence-corrected chi connectivity index (χ3v) is 2.59. The van der Waals surface area contributed by atoms with Crippen molar-refractivity contribution in [2.24, 2.45) is 11.7 Å². The quantitative estimate of drug-likeness (QED) is 0.615. The summed E-state index contributed by atoms with van der Waals surface area (Å²) in [5.74, 6) is 0.564. The number of para-hydroxylation sites is 1. The lowest BCUT2D eigenvalue weighted by Crippen LogP contribution is -2.13. The van der Waals surface area contributed by atoms with E-state index in [4.69, 9.17) is 5.73 Å². The van der Waals surface area contributed by atoms with E-state index in [1.165, 1.54) is 6.07 Å². The molecule has 4 heteroatoms. The van der Waals surface area contributed by atoms with Crippen molar-refractivity contribution >= 4 is 5.69 Å². The van der Waals surface area contributed by atoms with Crippen LogP contribution in [0.4, 0.5) is 5.69 Å². The summed E-state index contributed by atoms with van der Waals surface area (Å²) in [6.07, 6.45) is 1.76. The van der Waals surface area contributed by atoms with E-state index < -0.39 is 0 Å². The minimum atomic E-state index is -0.370. The normalized spacial score (nSPS) is 12.8. The van der Waals surface area contributed by atoms with E-state index in [2.05, 4.69) is 13.8 Å². The number of rotatable bonds is 5. The van der Waals surface area contributed by atoms with Crippen molar-refractivity contribution in [3.05, 3.63) is 39.9 Å². The first-order valence-corrected chi connectivity index (χ1v) is 5.51. The van der Waals surface area contributed by atoms with E-state index in [-0.39, 0.29) is 16.7 Å². The summed E-state index contributed by atoms with van der Waals surface area (Å²) in [7, 11) is 0. The molecule has 0 aliphatic carbocycles. The maximum atomic E-state index is 10.8. The fraction of sp³-hybridized carbons (Fsp3) is 0.500. The van der Waals surface area contributed by atoms with Gasteiger partial charge in [0.1, 0.15) is 0 Å². The van der Waals surface area contributed by atoms with Crippen LogP contribution in [0.25, 0.3) is 0 Å². The molecule has 0 radical (unpaired) electrons. The molecule has 0 aliphatic heterocycles. The first kappa shape index (κ1) is 12.6. The van der Waals surface area contributed by atoms with E-state index in [1.807, 2.05) is 0 Å². The average Bonchev–Trinajstić information content (AvgIpc) is 2.25. The zero-order valence-electron chi connectivity index (χ0n) is 9.72. The molecule has 0 spiro atoms. The molecule has 0 saturated heterocycles. The van der Waals surface area contributed by atoms with E-state index in [1.54, 1.807) is 18.2 Å². The molecule has 0 unspecified atom stereocenters. The average molecular weight is 222 g/mol. The summed E-state index contributed by atoms with van der Waals surface area (Å²) in [6.45, 7) is 4.23. The van der Waals surface area contributed by atoms with Crippen LogP contribution in [0.15, 0.2) is 24.3 Å². The number of nitro groups is 1. The molecule has 1 rings (SSSR count). The van der Waals surface area contributed by atoms with Gasteiger partial charge in [-0.15, -0.1) is 0 Å². The Labute approximate surface area is 95.6 Å². The minimum absolute atomic E-state index is 0.124. The van der Waals surface area contributed by atoms with Crippen LogP contribution in [-0.4, -0.2) is 4.92 Å². The minimum Gasteiger partial charge on any atom is -0.324 e. The van der Waals surface area contributed by atoms with Crippen LogP contribution in [-0.2, 0) is 0 Å². The van der Waals surface area contributed by atoms with Gasteiger partial charge in [-0.3, -0.25) is 10.1 Å². The van der Waals surface area contributed by atoms with Gasteiger partial charge in [-0.25, -0.2) is 0 Å². The third kappa shape index (κ3) is 3.31. The molecule has 88 valence electrons. The summed E-state index contributed by atoms with van der Waals surface area (Å²) in [5.41, 5.74) is 6.73. The lowest BCUT2D eigenvalue weighted by molar-refractivity contribution is -0.385. The molecular formula is C12H18N2O2. The van der Waals surface area contributed by atoms with Crippen molar-refractivity contribution in [2.45, 2.75) is 32.7 Å². The summed E-state index contributed by atoms with van der Waals surface area (Å²) in [6, 6.07) is 6.45. The second-order valence-electron chi connectivity index (χ2n) is 4.39. The maximum Gasteiger partial charge on any atom is 0.274 e. The van der Waals surface area contributed by atoms with Crippen LogP contribution in [0.3, 0.4) is 0 Å². The number of nitro benzene ring substituents is 1. The van der Waals surface area contributed by atoms with Crippen molar-refractivity contribution in [1.82, 2.24) is 0 Å². The smallest absolute Gasteiger partial charge is 0.274 e. The molecule has 4 nitrogen and oxygen atoms in total. The lowest BCUT2D eigenvalue weighted by Gasteiger charge is -2.13. The number of benzene rings is 1. The Morgan fingerprint density at radius 2 is 1.94 bits per heavy atom. The van der Waals surface area contributed by atoms with Gasteiger partial charge in [0.15, 0.2) is 0 Å². The van der Waals surface area contributed by atoms with Crippen LogP contribution in [0.1, 0.15) is 38.3 Å². The molecule has 0 amide bonds. The van der Waals surface area contributed by atoms with Gasteiger partial charge in [0.25, 0.3) is 5.69 Å². The monoisotopic (exact) mass is 222 g/mol. The molecule has 0 aliphatic rings. The summed E-state index contributed by atoms with van der Waals surface area (Å²) in [4.78, 5) is 10.4. The Balaban J connectivity index is 2.82. The second kappa shape index (κ2) is 5.61. The number of hydrogen-bond acceptors (Lipinski definition) is 3. The predicted molar refractivity (Wildman–Crippen MR) is 64.1 cm³/mol. The molecule has 0 heterocycles. The highest BCUT2D eigenvalue weighted by molar-refractivity contribution is 5.41. The van der Waals surface area contributed by atoms with Gasteiger partial charge < -0.3 is 5.73 Å². The molecule has 0 fully saturated rings. The van der Waals surface area contributed by atoms with Crippen LogP contribution in [0.2, 0.25) is 0 Å². The van der Waals surface area contributed by atoms with Gasteiger partial charge in [-0.2, -0.15) is 0 Å². The summed E-state index contributed by atoms with van der Waals surface area (Å²) < 4.78 is 0. The van der Waals surface area contributed by atoms with Gasteiger partial charge in [0.2, 0.25) is 0 Å². The predicted octanol–water partition coefficient (Wildman–Crippen LogP) is 3.03. The van der Waals surface area contributed by atoms with Crippen LogP contribution >= 0.6 is 0 Å². The van der Waals surface area contributed by atoms with Gasteiger partial charge in [0, 0.05) is 17.7 Å². The topological polar surface area (TPSA) is 69.2 Å². The zero-order valence-corrected chi connectivity index (χ0v) is 9.72. The number of nitrogens with two attached hydrogens (primary N) is 1. The van der Waals surface area contributed by atoms with Crippen LogP contribution < -0.4 is 5.73 Å². The zero-order chi connectivity index (χ0) is 12.1. The van der Waals surface area contributed by atoms with Crippen molar-refractivity contribution in [3.63, 3.8) is 0 Å². The standard InChI is InChI=1S/C12H18N2O2/c1-9(2)7-8-11(13)10-5-3-4-6-12(10)14(15)16/h3-6,9,11H,7-8,13H2,1-2H3/t11-/m1/s1. The summed E-state index contributed by atoms with van der Waals surface area (Å²) >= 11 is 0. The molecule has 0 bridgehead atoms. The van der Waals surface area contributed by atoms with Crippen molar-refractivity contribution in [3.8, 4) is 0 Å². The SMILES string of the molecule is CC(C)CC[C@@H](N)c1ccccc1[N+](=O)[O-]. The highest BCUT2D eigenvalue weighted by Gasteiger charge is 2.18. The van der Waals surface area contributed by atoms with Gasteiger partial charge in [-0.1, -0.05) is 32.0 Å². The van der Waals surface area contributed by atoms with Gasteiger partial charge in [0.05, 0.1) is 4.92 Å². The van der Waals surface area contributed by atoms with E-state index in [9.17, 15) is 10.1 Å². The van der Waals surface area contributed by atoms with Gasteiger partial charge in [-0.05, 0) is 18.8 Å². The Hall–Kier alpha value is -1.42. The van der Waals surface area contributed by atoms with E-state index in [0.717, 1.165) is 12.8 Å². The van der Waals surface area contributed by atoms with Gasteiger partial charge >= 0.3 is 0 Å². The molecule has 16 heavy (non-hydrogen) atoms. The second-order valence-corrected chi connectivity index (χ2v) is 4.39. The third-order valence-electron chi connectivity index (χ3n) is 2.59. The lowest BCUT2D eigenvalue weighted by atomic mass is 9.97. The molecule has 1 atom stereocenters. The highest BCUT2D eigenvalue weighted by Crippen LogP contribution is 2.26. The molecular weight excluding hydrogens is 204 g/mol. The van der Waals surface area contributed by atoms with Crippen molar-refractivity contribution in [1.29, 1.82) is 0 Å². The highest BCUT2D eigenvalue weighted by atomic mass is 16.6. The number of nitrogens with zero attached hydrogens (tertiary/aromatic N) is 1. The largest absolute Gasteiger partial charge is 0.324 e.